The molecule has 1 rings (SSSR count). The van der Waals surface area contributed by atoms with Gasteiger partial charge >= 0.3 is 0 Å². The van der Waals surface area contributed by atoms with Crippen LogP contribution in [0.15, 0.2) is 24.3 Å². The summed E-state index contributed by atoms with van der Waals surface area (Å²) in [7, 11) is 0. The first-order chi connectivity index (χ1) is 6.61. The van der Waals surface area contributed by atoms with Crippen LogP contribution < -0.4 is 5.32 Å². The fraction of sp³-hybridized carbons (Fsp3) is 0.500. The highest BCUT2D eigenvalue weighted by atomic mass is 16.3. The van der Waals surface area contributed by atoms with Crippen LogP contribution in [-0.2, 0) is 0 Å². The minimum Gasteiger partial charge on any atom is -0.392 e. The Balaban J connectivity index is 2.60. The summed E-state index contributed by atoms with van der Waals surface area (Å²) in [6, 6.07) is 8.61. The molecule has 2 N–H and O–H groups in total. The number of aliphatic hydroxyl groups excluding tert-OH is 1. The average molecular weight is 193 g/mol. The second kappa shape index (κ2) is 5.13. The third-order valence-corrected chi connectivity index (χ3v) is 2.37. The summed E-state index contributed by atoms with van der Waals surface area (Å²) < 4.78 is 0. The van der Waals surface area contributed by atoms with E-state index in [1.165, 1.54) is 11.1 Å². The molecule has 2 atom stereocenters. The van der Waals surface area contributed by atoms with E-state index in [0.717, 1.165) is 0 Å². The molecule has 0 aliphatic heterocycles. The maximum Gasteiger partial charge on any atom is 0.0636 e. The van der Waals surface area contributed by atoms with Gasteiger partial charge in [0.05, 0.1) is 6.10 Å². The number of hydrogen-bond donors (Lipinski definition) is 2. The van der Waals surface area contributed by atoms with Gasteiger partial charge in [-0.1, -0.05) is 24.3 Å². The van der Waals surface area contributed by atoms with Crippen molar-refractivity contribution in [3.63, 3.8) is 0 Å². The summed E-state index contributed by atoms with van der Waals surface area (Å²) in [6.07, 6.45) is -0.290. The van der Waals surface area contributed by atoms with Crippen molar-refractivity contribution in [2.75, 3.05) is 6.54 Å². The van der Waals surface area contributed by atoms with Gasteiger partial charge in [-0.2, -0.15) is 0 Å². The number of nitrogens with one attached hydrogen (secondary N) is 1. The van der Waals surface area contributed by atoms with E-state index in [0.29, 0.717) is 12.6 Å². The van der Waals surface area contributed by atoms with Crippen molar-refractivity contribution in [3.8, 4) is 0 Å². The van der Waals surface area contributed by atoms with Crippen LogP contribution in [0, 0.1) is 6.92 Å². The molecular formula is C12H19NO. The number of aliphatic hydroxyl groups is 1. The Labute approximate surface area is 86.0 Å². The van der Waals surface area contributed by atoms with Crippen LogP contribution in [0.1, 0.15) is 31.0 Å². The Morgan fingerprint density at radius 1 is 1.29 bits per heavy atom. The van der Waals surface area contributed by atoms with Crippen LogP contribution in [0.25, 0.3) is 0 Å². The lowest BCUT2D eigenvalue weighted by molar-refractivity contribution is 0.187. The summed E-state index contributed by atoms with van der Waals surface area (Å²) in [5, 5.41) is 12.4. The van der Waals surface area contributed by atoms with Crippen LogP contribution in [0.4, 0.5) is 0 Å². The maximum atomic E-state index is 9.15. The normalized spacial score (nSPS) is 15.1. The quantitative estimate of drug-likeness (QED) is 0.767. The largest absolute Gasteiger partial charge is 0.392 e. The Kier molecular flexibility index (Phi) is 4.11. The van der Waals surface area contributed by atoms with Crippen molar-refractivity contribution in [2.45, 2.75) is 32.9 Å². The Hall–Kier alpha value is -0.860. The molecule has 0 spiro atoms. The Morgan fingerprint density at radius 3 is 2.50 bits per heavy atom. The lowest BCUT2D eigenvalue weighted by Crippen LogP contribution is -2.27. The van der Waals surface area contributed by atoms with E-state index in [1.54, 1.807) is 6.92 Å². The molecule has 78 valence electrons. The third-order valence-electron chi connectivity index (χ3n) is 2.37. The monoisotopic (exact) mass is 193 g/mol. The van der Waals surface area contributed by atoms with E-state index in [4.69, 9.17) is 5.11 Å². The molecule has 1 aromatic rings. The van der Waals surface area contributed by atoms with E-state index < -0.39 is 0 Å². The molecule has 0 fully saturated rings. The summed E-state index contributed by atoms with van der Waals surface area (Å²) in [6.45, 7) is 6.65. The summed E-state index contributed by atoms with van der Waals surface area (Å²) in [5.74, 6) is 0. The van der Waals surface area contributed by atoms with Crippen LogP contribution in [0.3, 0.4) is 0 Å². The highest BCUT2D eigenvalue weighted by Crippen LogP contribution is 2.16. The van der Waals surface area contributed by atoms with E-state index in [-0.39, 0.29) is 6.10 Å². The Bertz CT molecular complexity index is 283. The molecule has 0 aliphatic rings. The molecule has 14 heavy (non-hydrogen) atoms. The van der Waals surface area contributed by atoms with Crippen molar-refractivity contribution in [1.82, 2.24) is 5.32 Å². The van der Waals surface area contributed by atoms with Crippen LogP contribution in [0.5, 0.6) is 0 Å². The summed E-state index contributed by atoms with van der Waals surface area (Å²) >= 11 is 0. The third kappa shape index (κ3) is 3.13. The lowest BCUT2D eigenvalue weighted by Gasteiger charge is -2.17. The van der Waals surface area contributed by atoms with Crippen LogP contribution in [0.2, 0.25) is 0 Å². The first-order valence-electron chi connectivity index (χ1n) is 5.08. The molecule has 0 aliphatic carbocycles. The fourth-order valence-electron chi connectivity index (χ4n) is 1.53. The van der Waals surface area contributed by atoms with Crippen molar-refractivity contribution in [1.29, 1.82) is 0 Å². The van der Waals surface area contributed by atoms with Gasteiger partial charge in [-0.15, -0.1) is 0 Å². The zero-order valence-electron chi connectivity index (χ0n) is 9.12. The highest BCUT2D eigenvalue weighted by Gasteiger charge is 2.07. The van der Waals surface area contributed by atoms with Gasteiger partial charge in [0.2, 0.25) is 0 Å². The SMILES string of the molecule is Cc1ccccc1[C@H](C)NC[C@@H](C)O. The van der Waals surface area contributed by atoms with Gasteiger partial charge in [0.1, 0.15) is 0 Å². The number of hydrogen-bond acceptors (Lipinski definition) is 2. The lowest BCUT2D eigenvalue weighted by atomic mass is 10.0. The topological polar surface area (TPSA) is 32.3 Å². The predicted octanol–water partition coefficient (Wildman–Crippen LogP) is 2.03. The molecule has 2 heteroatoms. The smallest absolute Gasteiger partial charge is 0.0636 e. The van der Waals surface area contributed by atoms with Crippen LogP contribution in [-0.4, -0.2) is 17.8 Å². The van der Waals surface area contributed by atoms with Crippen molar-refractivity contribution in [3.05, 3.63) is 35.4 Å². The minimum absolute atomic E-state index is 0.290. The first-order valence-corrected chi connectivity index (χ1v) is 5.08. The zero-order valence-corrected chi connectivity index (χ0v) is 9.12. The van der Waals surface area contributed by atoms with Gasteiger partial charge in [-0.3, -0.25) is 0 Å². The van der Waals surface area contributed by atoms with Crippen molar-refractivity contribution >= 4 is 0 Å². The van der Waals surface area contributed by atoms with Gasteiger partial charge < -0.3 is 10.4 Å². The molecule has 0 aromatic heterocycles. The van der Waals surface area contributed by atoms with Gasteiger partial charge in [0.25, 0.3) is 0 Å². The standard InChI is InChI=1S/C12H19NO/c1-9-6-4-5-7-12(9)11(3)13-8-10(2)14/h4-7,10-11,13-14H,8H2,1-3H3/t10-,11+/m1/s1. The summed E-state index contributed by atoms with van der Waals surface area (Å²) in [4.78, 5) is 0. The summed E-state index contributed by atoms with van der Waals surface area (Å²) in [5.41, 5.74) is 2.59. The molecule has 0 amide bonds. The van der Waals surface area contributed by atoms with Gasteiger partial charge in [0, 0.05) is 12.6 Å². The molecule has 2 nitrogen and oxygen atoms in total. The van der Waals surface area contributed by atoms with E-state index in [9.17, 15) is 0 Å². The number of benzene rings is 1. The second-order valence-corrected chi connectivity index (χ2v) is 3.84. The van der Waals surface area contributed by atoms with E-state index in [1.807, 2.05) is 12.1 Å². The zero-order chi connectivity index (χ0) is 10.6. The molecule has 1 aromatic carbocycles. The van der Waals surface area contributed by atoms with Gasteiger partial charge in [0.15, 0.2) is 0 Å². The number of rotatable bonds is 4. The van der Waals surface area contributed by atoms with E-state index in [2.05, 4.69) is 31.3 Å². The Morgan fingerprint density at radius 2 is 1.93 bits per heavy atom. The van der Waals surface area contributed by atoms with E-state index >= 15 is 0 Å². The predicted molar refractivity (Wildman–Crippen MR) is 59.3 cm³/mol. The van der Waals surface area contributed by atoms with Gasteiger partial charge in [-0.05, 0) is 31.9 Å². The number of aryl methyl sites for hydroxylation is 1. The molecule has 0 unspecified atom stereocenters. The molecule has 0 radical (unpaired) electrons. The average Bonchev–Trinajstić information content (AvgIpc) is 2.15. The van der Waals surface area contributed by atoms with Gasteiger partial charge in [-0.25, -0.2) is 0 Å². The van der Waals surface area contributed by atoms with Crippen molar-refractivity contribution in [2.24, 2.45) is 0 Å². The molecule has 0 bridgehead atoms. The fourth-order valence-corrected chi connectivity index (χ4v) is 1.53. The molecular weight excluding hydrogens is 174 g/mol. The minimum atomic E-state index is -0.290. The van der Waals surface area contributed by atoms with Crippen molar-refractivity contribution < 1.29 is 5.11 Å². The first kappa shape index (κ1) is 11.2. The molecule has 0 saturated carbocycles. The second-order valence-electron chi connectivity index (χ2n) is 3.84. The molecule has 0 heterocycles. The highest BCUT2D eigenvalue weighted by molar-refractivity contribution is 5.28. The maximum absolute atomic E-state index is 9.15. The van der Waals surface area contributed by atoms with Crippen LogP contribution >= 0.6 is 0 Å². The molecule has 0 saturated heterocycles.